The lowest BCUT2D eigenvalue weighted by Gasteiger charge is -2.12. The number of nitriles is 1. The molecule has 1 amide bonds. The fraction of sp³-hybridized carbons (Fsp3) is 0.375. The molecule has 1 aromatic carbocycles. The Labute approximate surface area is 118 Å². The van der Waals surface area contributed by atoms with Gasteiger partial charge in [0, 0.05) is 23.6 Å². The fourth-order valence-electron chi connectivity index (χ4n) is 2.28. The number of rotatable bonds is 5. The molecule has 4 heteroatoms. The van der Waals surface area contributed by atoms with Crippen molar-refractivity contribution in [3.8, 4) is 6.07 Å². The van der Waals surface area contributed by atoms with Gasteiger partial charge in [0.05, 0.1) is 6.07 Å². The first kappa shape index (κ1) is 14.1. The molecule has 0 fully saturated rings. The van der Waals surface area contributed by atoms with Gasteiger partial charge < -0.3 is 10.3 Å². The molecule has 0 radical (unpaired) electrons. The highest BCUT2D eigenvalue weighted by molar-refractivity contribution is 5.83. The highest BCUT2D eigenvalue weighted by Gasteiger charge is 2.20. The van der Waals surface area contributed by atoms with Crippen LogP contribution in [0.3, 0.4) is 0 Å². The third-order valence-electron chi connectivity index (χ3n) is 3.46. The lowest BCUT2D eigenvalue weighted by atomic mass is 9.96. The highest BCUT2D eigenvalue weighted by Crippen LogP contribution is 2.17. The quantitative estimate of drug-likeness (QED) is 0.876. The molecule has 1 heterocycles. The van der Waals surface area contributed by atoms with Gasteiger partial charge in [-0.15, -0.1) is 0 Å². The number of benzene rings is 1. The molecule has 4 nitrogen and oxygen atoms in total. The van der Waals surface area contributed by atoms with Gasteiger partial charge in [-0.2, -0.15) is 5.26 Å². The number of aromatic nitrogens is 1. The fourth-order valence-corrected chi connectivity index (χ4v) is 2.28. The molecule has 0 spiro atoms. The van der Waals surface area contributed by atoms with Crippen LogP contribution in [-0.4, -0.2) is 17.4 Å². The molecule has 1 aromatic heterocycles. The first-order chi connectivity index (χ1) is 9.63. The number of fused-ring (bicyclic) bond motifs is 1. The zero-order valence-corrected chi connectivity index (χ0v) is 11.8. The number of carbonyl (C=O) groups excluding carboxylic acids is 1. The molecule has 1 atom stereocenters. The van der Waals surface area contributed by atoms with Crippen LogP contribution >= 0.6 is 0 Å². The zero-order chi connectivity index (χ0) is 14.5. The lowest BCUT2D eigenvalue weighted by Crippen LogP contribution is -2.34. The van der Waals surface area contributed by atoms with Gasteiger partial charge in [-0.1, -0.05) is 32.0 Å². The van der Waals surface area contributed by atoms with E-state index in [1.807, 2.05) is 38.2 Å². The van der Waals surface area contributed by atoms with Gasteiger partial charge in [-0.05, 0) is 24.0 Å². The summed E-state index contributed by atoms with van der Waals surface area (Å²) >= 11 is 0. The average molecular weight is 269 g/mol. The van der Waals surface area contributed by atoms with Crippen LogP contribution in [0, 0.1) is 23.2 Å². The Bertz CT molecular complexity index is 636. The minimum Gasteiger partial charge on any atom is -0.361 e. The van der Waals surface area contributed by atoms with Crippen LogP contribution in [0.4, 0.5) is 0 Å². The molecule has 2 N–H and O–H groups in total. The monoisotopic (exact) mass is 269 g/mol. The number of hydrogen-bond acceptors (Lipinski definition) is 2. The van der Waals surface area contributed by atoms with E-state index in [0.717, 1.165) is 11.9 Å². The summed E-state index contributed by atoms with van der Waals surface area (Å²) in [7, 11) is 0. The van der Waals surface area contributed by atoms with Gasteiger partial charge in [-0.3, -0.25) is 4.79 Å². The van der Waals surface area contributed by atoms with Gasteiger partial charge in [0.15, 0.2) is 0 Å². The zero-order valence-electron chi connectivity index (χ0n) is 11.8. The number of H-pyrrole nitrogens is 1. The summed E-state index contributed by atoms with van der Waals surface area (Å²) in [6.07, 6.45) is 2.73. The van der Waals surface area contributed by atoms with E-state index in [2.05, 4.69) is 22.4 Å². The predicted octanol–water partition coefficient (Wildman–Crippen LogP) is 2.62. The smallest absolute Gasteiger partial charge is 0.237 e. The Morgan fingerprint density at radius 1 is 1.40 bits per heavy atom. The average Bonchev–Trinajstić information content (AvgIpc) is 2.83. The van der Waals surface area contributed by atoms with Crippen molar-refractivity contribution >= 4 is 16.8 Å². The first-order valence-corrected chi connectivity index (χ1v) is 6.85. The topological polar surface area (TPSA) is 68.7 Å². The number of nitrogens with one attached hydrogen (secondary N) is 2. The third kappa shape index (κ3) is 3.00. The van der Waals surface area contributed by atoms with Crippen molar-refractivity contribution < 1.29 is 4.79 Å². The van der Waals surface area contributed by atoms with Crippen molar-refractivity contribution in [2.24, 2.45) is 11.8 Å². The van der Waals surface area contributed by atoms with Gasteiger partial charge in [0.1, 0.15) is 5.92 Å². The second kappa shape index (κ2) is 6.25. The van der Waals surface area contributed by atoms with E-state index in [1.165, 1.54) is 10.9 Å². The molecule has 0 aliphatic heterocycles. The standard InChI is InChI=1S/C16H19N3O/c1-11(2)14(9-17)16(20)18-8-7-12-10-19-15-6-4-3-5-13(12)15/h3-6,10-11,14,19H,7-8H2,1-2H3,(H,18,20). The van der Waals surface area contributed by atoms with Crippen LogP contribution in [0.5, 0.6) is 0 Å². The summed E-state index contributed by atoms with van der Waals surface area (Å²) in [5.41, 5.74) is 2.28. The van der Waals surface area contributed by atoms with Crippen LogP contribution in [-0.2, 0) is 11.2 Å². The number of hydrogen-bond donors (Lipinski definition) is 2. The SMILES string of the molecule is CC(C)C(C#N)C(=O)NCCc1c[nH]c2ccccc12. The third-order valence-corrected chi connectivity index (χ3v) is 3.46. The van der Waals surface area contributed by atoms with Crippen LogP contribution < -0.4 is 5.32 Å². The van der Waals surface area contributed by atoms with Gasteiger partial charge in [0.25, 0.3) is 0 Å². The number of carbonyl (C=O) groups is 1. The van der Waals surface area contributed by atoms with Crippen LogP contribution in [0.15, 0.2) is 30.5 Å². The molecule has 0 aliphatic carbocycles. The molecule has 2 aromatic rings. The highest BCUT2D eigenvalue weighted by atomic mass is 16.1. The van der Waals surface area contributed by atoms with Crippen molar-refractivity contribution in [3.63, 3.8) is 0 Å². The lowest BCUT2D eigenvalue weighted by molar-refractivity contribution is -0.124. The second-order valence-corrected chi connectivity index (χ2v) is 5.25. The Kier molecular flexibility index (Phi) is 4.41. The van der Waals surface area contributed by atoms with E-state index in [0.29, 0.717) is 6.54 Å². The largest absolute Gasteiger partial charge is 0.361 e. The van der Waals surface area contributed by atoms with Gasteiger partial charge in [0.2, 0.25) is 5.91 Å². The minimum absolute atomic E-state index is 0.0353. The predicted molar refractivity (Wildman–Crippen MR) is 79.0 cm³/mol. The van der Waals surface area contributed by atoms with Gasteiger partial charge >= 0.3 is 0 Å². The summed E-state index contributed by atoms with van der Waals surface area (Å²) in [5.74, 6) is -0.714. The normalized spacial score (nSPS) is 12.3. The van der Waals surface area contributed by atoms with Crippen LogP contribution in [0.2, 0.25) is 0 Å². The Morgan fingerprint density at radius 3 is 2.85 bits per heavy atom. The Balaban J connectivity index is 1.93. The number of aromatic amines is 1. The van der Waals surface area contributed by atoms with Crippen molar-refractivity contribution in [3.05, 3.63) is 36.0 Å². The molecule has 1 unspecified atom stereocenters. The Hall–Kier alpha value is -2.28. The maximum Gasteiger partial charge on any atom is 0.237 e. The number of para-hydroxylation sites is 1. The number of amides is 1. The summed E-state index contributed by atoms with van der Waals surface area (Å²) in [6.45, 7) is 4.31. The van der Waals surface area contributed by atoms with E-state index >= 15 is 0 Å². The van der Waals surface area contributed by atoms with Gasteiger partial charge in [-0.25, -0.2) is 0 Å². The second-order valence-electron chi connectivity index (χ2n) is 5.25. The van der Waals surface area contributed by atoms with E-state index in [9.17, 15) is 4.79 Å². The maximum absolute atomic E-state index is 11.9. The van der Waals surface area contributed by atoms with Crippen molar-refractivity contribution in [1.82, 2.24) is 10.3 Å². The summed E-state index contributed by atoms with van der Waals surface area (Å²) < 4.78 is 0. The molecule has 0 bridgehead atoms. The van der Waals surface area contributed by atoms with Crippen molar-refractivity contribution in [2.75, 3.05) is 6.54 Å². The maximum atomic E-state index is 11.9. The molecule has 0 aliphatic rings. The van der Waals surface area contributed by atoms with E-state index in [-0.39, 0.29) is 11.8 Å². The first-order valence-electron chi connectivity index (χ1n) is 6.85. The number of nitrogens with zero attached hydrogens (tertiary/aromatic N) is 1. The summed E-state index contributed by atoms with van der Waals surface area (Å²) in [5, 5.41) is 13.0. The van der Waals surface area contributed by atoms with E-state index < -0.39 is 5.92 Å². The summed E-state index contributed by atoms with van der Waals surface area (Å²) in [4.78, 5) is 15.1. The molecule has 2 rings (SSSR count). The van der Waals surface area contributed by atoms with Crippen molar-refractivity contribution in [1.29, 1.82) is 5.26 Å². The minimum atomic E-state index is -0.571. The molecule has 104 valence electrons. The summed E-state index contributed by atoms with van der Waals surface area (Å²) in [6, 6.07) is 10.1. The van der Waals surface area contributed by atoms with E-state index in [4.69, 9.17) is 5.26 Å². The molecule has 0 saturated heterocycles. The molecule has 0 saturated carbocycles. The van der Waals surface area contributed by atoms with Crippen LogP contribution in [0.25, 0.3) is 10.9 Å². The van der Waals surface area contributed by atoms with E-state index in [1.54, 1.807) is 0 Å². The van der Waals surface area contributed by atoms with Crippen LogP contribution in [0.1, 0.15) is 19.4 Å². The molecular formula is C16H19N3O. The Morgan fingerprint density at radius 2 is 2.15 bits per heavy atom. The van der Waals surface area contributed by atoms with Crippen molar-refractivity contribution in [2.45, 2.75) is 20.3 Å². The molecule has 20 heavy (non-hydrogen) atoms. The molecular weight excluding hydrogens is 250 g/mol.